The van der Waals surface area contributed by atoms with E-state index in [0.29, 0.717) is 0 Å². The summed E-state index contributed by atoms with van der Waals surface area (Å²) in [6.45, 7) is 14.8. The van der Waals surface area contributed by atoms with Gasteiger partial charge in [-0.05, 0) is 56.8 Å². The summed E-state index contributed by atoms with van der Waals surface area (Å²) in [5.41, 5.74) is 3.99. The molecule has 0 saturated heterocycles. The molecule has 0 saturated carbocycles. The molecular weight excluding hydrogens is 246 g/mol. The van der Waals surface area contributed by atoms with Gasteiger partial charge in [0, 0.05) is 6.61 Å². The Morgan fingerprint density at radius 2 is 1.75 bits per heavy atom. The largest absolute Gasteiger partial charge is 0.373 e. The van der Waals surface area contributed by atoms with E-state index in [4.69, 9.17) is 4.74 Å². The molecule has 0 heterocycles. The van der Waals surface area contributed by atoms with E-state index in [0.717, 1.165) is 26.0 Å². The quantitative estimate of drug-likeness (QED) is 0.752. The molecule has 2 heteroatoms. The minimum atomic E-state index is -0.122. The van der Waals surface area contributed by atoms with E-state index < -0.39 is 0 Å². The summed E-state index contributed by atoms with van der Waals surface area (Å²) in [4.78, 5) is 0. The SMILES string of the molecule is CCNC(c1cccc(C)c1C)C(CC)(CC)OCC. The summed E-state index contributed by atoms with van der Waals surface area (Å²) in [5.74, 6) is 0. The van der Waals surface area contributed by atoms with Crippen LogP contribution in [0.5, 0.6) is 0 Å². The zero-order valence-corrected chi connectivity index (χ0v) is 14.0. The van der Waals surface area contributed by atoms with Gasteiger partial charge in [-0.3, -0.25) is 0 Å². The van der Waals surface area contributed by atoms with E-state index in [1.54, 1.807) is 0 Å². The maximum Gasteiger partial charge on any atom is 0.0871 e. The van der Waals surface area contributed by atoms with Crippen molar-refractivity contribution < 1.29 is 4.74 Å². The molecule has 1 unspecified atom stereocenters. The van der Waals surface area contributed by atoms with E-state index in [9.17, 15) is 0 Å². The molecule has 2 nitrogen and oxygen atoms in total. The second-order valence-corrected chi connectivity index (χ2v) is 5.48. The van der Waals surface area contributed by atoms with Crippen molar-refractivity contribution in [1.29, 1.82) is 0 Å². The molecule has 1 atom stereocenters. The molecule has 114 valence electrons. The Morgan fingerprint density at radius 3 is 2.25 bits per heavy atom. The molecule has 20 heavy (non-hydrogen) atoms. The van der Waals surface area contributed by atoms with Crippen LogP contribution < -0.4 is 5.32 Å². The smallest absolute Gasteiger partial charge is 0.0871 e. The minimum Gasteiger partial charge on any atom is -0.373 e. The second kappa shape index (κ2) is 7.80. The second-order valence-electron chi connectivity index (χ2n) is 5.48. The lowest BCUT2D eigenvalue weighted by Gasteiger charge is -2.41. The average molecular weight is 277 g/mol. The van der Waals surface area contributed by atoms with E-state index in [1.807, 2.05) is 0 Å². The molecule has 0 radical (unpaired) electrons. The lowest BCUT2D eigenvalue weighted by Crippen LogP contribution is -2.46. The van der Waals surface area contributed by atoms with Crippen LogP contribution in [0.1, 0.15) is 63.3 Å². The van der Waals surface area contributed by atoms with Gasteiger partial charge >= 0.3 is 0 Å². The van der Waals surface area contributed by atoms with Gasteiger partial charge < -0.3 is 10.1 Å². The fourth-order valence-electron chi connectivity index (χ4n) is 3.10. The number of hydrogen-bond acceptors (Lipinski definition) is 2. The lowest BCUT2D eigenvalue weighted by molar-refractivity contribution is -0.0731. The van der Waals surface area contributed by atoms with Crippen LogP contribution in [0.3, 0.4) is 0 Å². The molecule has 0 aliphatic heterocycles. The molecule has 0 aliphatic carbocycles. The van der Waals surface area contributed by atoms with Crippen LogP contribution in [0.15, 0.2) is 18.2 Å². The number of likely N-dealkylation sites (N-methyl/N-ethyl adjacent to an activating group) is 1. The Bertz CT molecular complexity index is 410. The van der Waals surface area contributed by atoms with Gasteiger partial charge in [0.05, 0.1) is 11.6 Å². The third-order valence-corrected chi connectivity index (χ3v) is 4.52. The van der Waals surface area contributed by atoms with Crippen molar-refractivity contribution in [3.63, 3.8) is 0 Å². The summed E-state index contributed by atoms with van der Waals surface area (Å²) in [6, 6.07) is 6.84. The van der Waals surface area contributed by atoms with Gasteiger partial charge in [0.1, 0.15) is 0 Å². The summed E-state index contributed by atoms with van der Waals surface area (Å²) >= 11 is 0. The monoisotopic (exact) mass is 277 g/mol. The Balaban J connectivity index is 3.30. The van der Waals surface area contributed by atoms with Gasteiger partial charge in [0.15, 0.2) is 0 Å². The Labute approximate surface area is 124 Å². The minimum absolute atomic E-state index is 0.122. The van der Waals surface area contributed by atoms with Gasteiger partial charge in [-0.1, -0.05) is 39.0 Å². The van der Waals surface area contributed by atoms with Gasteiger partial charge in [-0.15, -0.1) is 0 Å². The molecular formula is C18H31NO. The topological polar surface area (TPSA) is 21.3 Å². The van der Waals surface area contributed by atoms with Crippen LogP contribution in [0.4, 0.5) is 0 Å². The predicted molar refractivity (Wildman–Crippen MR) is 87.3 cm³/mol. The molecule has 0 spiro atoms. The molecule has 0 bridgehead atoms. The average Bonchev–Trinajstić information content (AvgIpc) is 2.46. The van der Waals surface area contributed by atoms with Crippen molar-refractivity contribution in [2.75, 3.05) is 13.2 Å². The van der Waals surface area contributed by atoms with Gasteiger partial charge in [-0.2, -0.15) is 0 Å². The van der Waals surface area contributed by atoms with Crippen molar-refractivity contribution in [2.24, 2.45) is 0 Å². The summed E-state index contributed by atoms with van der Waals surface area (Å²) in [5, 5.41) is 3.67. The van der Waals surface area contributed by atoms with Crippen molar-refractivity contribution in [2.45, 2.75) is 66.0 Å². The van der Waals surface area contributed by atoms with Gasteiger partial charge in [-0.25, -0.2) is 0 Å². The Morgan fingerprint density at radius 1 is 1.10 bits per heavy atom. The highest BCUT2D eigenvalue weighted by atomic mass is 16.5. The van der Waals surface area contributed by atoms with E-state index >= 15 is 0 Å². The number of ether oxygens (including phenoxy) is 1. The van der Waals surface area contributed by atoms with Crippen LogP contribution in [0, 0.1) is 13.8 Å². The third kappa shape index (κ3) is 3.42. The highest BCUT2D eigenvalue weighted by Gasteiger charge is 2.37. The first-order valence-electron chi connectivity index (χ1n) is 7.99. The first-order chi connectivity index (χ1) is 9.56. The maximum atomic E-state index is 6.23. The highest BCUT2D eigenvalue weighted by molar-refractivity contribution is 5.37. The first kappa shape index (κ1) is 17.2. The highest BCUT2D eigenvalue weighted by Crippen LogP contribution is 2.37. The Kier molecular flexibility index (Phi) is 6.70. The Hall–Kier alpha value is -0.860. The van der Waals surface area contributed by atoms with Crippen LogP contribution in [0.25, 0.3) is 0 Å². The van der Waals surface area contributed by atoms with Gasteiger partial charge in [0.2, 0.25) is 0 Å². The number of nitrogens with one attached hydrogen (secondary N) is 1. The van der Waals surface area contributed by atoms with Crippen molar-refractivity contribution in [3.8, 4) is 0 Å². The van der Waals surface area contributed by atoms with Crippen LogP contribution >= 0.6 is 0 Å². The number of rotatable bonds is 8. The van der Waals surface area contributed by atoms with Crippen LogP contribution in [0.2, 0.25) is 0 Å². The standard InChI is InChI=1S/C18H31NO/c1-7-18(8-2,20-10-4)17(19-9-3)16-13-11-12-14(5)15(16)6/h11-13,17,19H,7-10H2,1-6H3. The van der Waals surface area contributed by atoms with Gasteiger partial charge in [0.25, 0.3) is 0 Å². The zero-order chi connectivity index (χ0) is 15.2. The van der Waals surface area contributed by atoms with E-state index in [1.165, 1.54) is 16.7 Å². The first-order valence-corrected chi connectivity index (χ1v) is 7.99. The molecule has 1 rings (SSSR count). The predicted octanol–water partition coefficient (Wildman–Crippen LogP) is 4.55. The van der Waals surface area contributed by atoms with E-state index in [-0.39, 0.29) is 11.6 Å². The van der Waals surface area contributed by atoms with Crippen LogP contribution in [-0.2, 0) is 4.74 Å². The number of hydrogen-bond donors (Lipinski definition) is 1. The molecule has 0 amide bonds. The summed E-state index contributed by atoms with van der Waals surface area (Å²) in [7, 11) is 0. The zero-order valence-electron chi connectivity index (χ0n) is 14.0. The molecule has 1 aromatic rings. The third-order valence-electron chi connectivity index (χ3n) is 4.52. The van der Waals surface area contributed by atoms with Crippen molar-refractivity contribution in [3.05, 3.63) is 34.9 Å². The maximum absolute atomic E-state index is 6.23. The molecule has 0 aliphatic rings. The molecule has 1 aromatic carbocycles. The fourth-order valence-corrected chi connectivity index (χ4v) is 3.10. The molecule has 1 N–H and O–H groups in total. The lowest BCUT2D eigenvalue weighted by atomic mass is 9.81. The number of benzene rings is 1. The molecule has 0 aromatic heterocycles. The van der Waals surface area contributed by atoms with Crippen LogP contribution in [-0.4, -0.2) is 18.8 Å². The summed E-state index contributed by atoms with van der Waals surface area (Å²) in [6.07, 6.45) is 2.03. The van der Waals surface area contributed by atoms with Crippen molar-refractivity contribution in [1.82, 2.24) is 5.32 Å². The van der Waals surface area contributed by atoms with E-state index in [2.05, 4.69) is 65.1 Å². The number of aryl methyl sites for hydroxylation is 1. The normalized spacial score (nSPS) is 13.5. The van der Waals surface area contributed by atoms with Crippen molar-refractivity contribution >= 4 is 0 Å². The summed E-state index contributed by atoms with van der Waals surface area (Å²) < 4.78 is 6.23. The fraction of sp³-hybridized carbons (Fsp3) is 0.667. The molecule has 0 fully saturated rings.